The molecule has 0 rings (SSSR count). The minimum absolute atomic E-state index is 0.853. The van der Waals surface area contributed by atoms with E-state index in [0.717, 1.165) is 11.8 Å². The van der Waals surface area contributed by atoms with E-state index in [9.17, 15) is 0 Å². The van der Waals surface area contributed by atoms with Crippen LogP contribution < -0.4 is 0 Å². The fourth-order valence-corrected chi connectivity index (χ4v) is 1.54. The second kappa shape index (κ2) is 6.28. The van der Waals surface area contributed by atoms with E-state index >= 15 is 0 Å². The number of rotatable bonds is 5. The average Bonchev–Trinajstić information content (AvgIpc) is 1.99. The van der Waals surface area contributed by atoms with E-state index in [2.05, 4.69) is 40.7 Å². The molecule has 0 bridgehead atoms. The quantitative estimate of drug-likeness (QED) is 0.533. The largest absolute Gasteiger partial charge is 0.0887 e. The minimum atomic E-state index is 0.853. The maximum atomic E-state index is 2.36. The Labute approximate surface area is 78.1 Å². The highest BCUT2D eigenvalue weighted by Gasteiger charge is 2.04. The molecule has 0 saturated carbocycles. The molecule has 0 N–H and O–H groups in total. The molecule has 0 nitrogen and oxygen atoms in total. The van der Waals surface area contributed by atoms with Crippen LogP contribution in [-0.4, -0.2) is 0 Å². The van der Waals surface area contributed by atoms with Crippen LogP contribution >= 0.6 is 0 Å². The number of hydrogen-bond donors (Lipinski definition) is 0. The normalized spacial score (nSPS) is 15.3. The van der Waals surface area contributed by atoms with Crippen LogP contribution in [0.4, 0.5) is 0 Å². The molecule has 0 aliphatic rings. The summed E-state index contributed by atoms with van der Waals surface area (Å²) in [5.41, 5.74) is 1.53. The van der Waals surface area contributed by atoms with Crippen LogP contribution in [-0.2, 0) is 0 Å². The Bertz CT molecular complexity index is 131. The molecular formula is C12H24. The summed E-state index contributed by atoms with van der Waals surface area (Å²) < 4.78 is 0. The summed E-state index contributed by atoms with van der Waals surface area (Å²) in [7, 11) is 0. The standard InChI is InChI=1S/C12H24/c1-6-11(4)7-8-12(5)9-10(2)3/h6,10,12H,7-9H2,1-5H3. The van der Waals surface area contributed by atoms with Crippen molar-refractivity contribution in [2.45, 2.75) is 53.9 Å². The van der Waals surface area contributed by atoms with Gasteiger partial charge in [-0.2, -0.15) is 0 Å². The Morgan fingerprint density at radius 2 is 1.83 bits per heavy atom. The van der Waals surface area contributed by atoms with Crippen molar-refractivity contribution in [3.63, 3.8) is 0 Å². The van der Waals surface area contributed by atoms with E-state index in [0.29, 0.717) is 0 Å². The lowest BCUT2D eigenvalue weighted by Crippen LogP contribution is -2.00. The lowest BCUT2D eigenvalue weighted by molar-refractivity contribution is 0.415. The van der Waals surface area contributed by atoms with Crippen molar-refractivity contribution >= 4 is 0 Å². The van der Waals surface area contributed by atoms with Crippen molar-refractivity contribution in [1.82, 2.24) is 0 Å². The molecule has 0 saturated heterocycles. The third-order valence-corrected chi connectivity index (χ3v) is 2.40. The molecule has 0 fully saturated rings. The molecule has 0 aromatic heterocycles. The molecule has 0 aliphatic carbocycles. The van der Waals surface area contributed by atoms with E-state index in [4.69, 9.17) is 0 Å². The van der Waals surface area contributed by atoms with Gasteiger partial charge in [-0.3, -0.25) is 0 Å². The molecule has 0 spiro atoms. The summed E-state index contributed by atoms with van der Waals surface area (Å²) >= 11 is 0. The SMILES string of the molecule is CC=C(C)CCC(C)CC(C)C. The minimum Gasteiger partial charge on any atom is -0.0887 e. The van der Waals surface area contributed by atoms with Gasteiger partial charge in [0.15, 0.2) is 0 Å². The van der Waals surface area contributed by atoms with Gasteiger partial charge in [0.25, 0.3) is 0 Å². The van der Waals surface area contributed by atoms with Crippen molar-refractivity contribution in [2.24, 2.45) is 11.8 Å². The van der Waals surface area contributed by atoms with Gasteiger partial charge in [-0.05, 0) is 44.9 Å². The molecule has 0 aromatic carbocycles. The fraction of sp³-hybridized carbons (Fsp3) is 0.833. The molecule has 1 atom stereocenters. The van der Waals surface area contributed by atoms with Gasteiger partial charge >= 0.3 is 0 Å². The van der Waals surface area contributed by atoms with E-state index in [1.54, 1.807) is 0 Å². The average molecular weight is 168 g/mol. The lowest BCUT2D eigenvalue weighted by atomic mass is 9.93. The van der Waals surface area contributed by atoms with Gasteiger partial charge < -0.3 is 0 Å². The van der Waals surface area contributed by atoms with Crippen molar-refractivity contribution < 1.29 is 0 Å². The molecule has 0 radical (unpaired) electrons. The smallest absolute Gasteiger partial charge is 0.0321 e. The van der Waals surface area contributed by atoms with Gasteiger partial charge in [0.2, 0.25) is 0 Å². The number of allylic oxidation sites excluding steroid dienone is 2. The van der Waals surface area contributed by atoms with Crippen LogP contribution in [0.5, 0.6) is 0 Å². The summed E-state index contributed by atoms with van der Waals surface area (Å²) in [6.45, 7) is 11.3. The third-order valence-electron chi connectivity index (χ3n) is 2.40. The summed E-state index contributed by atoms with van der Waals surface area (Å²) in [5, 5.41) is 0. The first-order valence-corrected chi connectivity index (χ1v) is 5.18. The molecule has 1 unspecified atom stereocenters. The topological polar surface area (TPSA) is 0 Å². The zero-order valence-corrected chi connectivity index (χ0v) is 9.35. The van der Waals surface area contributed by atoms with Crippen LogP contribution in [0.3, 0.4) is 0 Å². The van der Waals surface area contributed by atoms with Crippen molar-refractivity contribution in [3.8, 4) is 0 Å². The molecule has 72 valence electrons. The summed E-state index contributed by atoms with van der Waals surface area (Å²) in [6.07, 6.45) is 6.23. The summed E-state index contributed by atoms with van der Waals surface area (Å²) in [6, 6.07) is 0. The maximum Gasteiger partial charge on any atom is -0.0321 e. The van der Waals surface area contributed by atoms with E-state index in [-0.39, 0.29) is 0 Å². The molecular weight excluding hydrogens is 144 g/mol. The highest BCUT2D eigenvalue weighted by atomic mass is 14.1. The Kier molecular flexibility index (Phi) is 6.14. The molecule has 0 amide bonds. The Morgan fingerprint density at radius 1 is 1.25 bits per heavy atom. The summed E-state index contributed by atoms with van der Waals surface area (Å²) in [5.74, 6) is 1.74. The van der Waals surface area contributed by atoms with E-state index in [1.165, 1.54) is 24.8 Å². The van der Waals surface area contributed by atoms with Crippen LogP contribution in [0.25, 0.3) is 0 Å². The van der Waals surface area contributed by atoms with Gasteiger partial charge in [-0.25, -0.2) is 0 Å². The summed E-state index contributed by atoms with van der Waals surface area (Å²) in [4.78, 5) is 0. The highest BCUT2D eigenvalue weighted by molar-refractivity contribution is 4.95. The van der Waals surface area contributed by atoms with Crippen LogP contribution in [0.1, 0.15) is 53.9 Å². The fourth-order valence-electron chi connectivity index (χ4n) is 1.54. The third kappa shape index (κ3) is 6.45. The Hall–Kier alpha value is -0.260. The highest BCUT2D eigenvalue weighted by Crippen LogP contribution is 2.18. The molecule has 0 heteroatoms. The molecule has 0 aromatic rings. The van der Waals surface area contributed by atoms with E-state index < -0.39 is 0 Å². The van der Waals surface area contributed by atoms with Crippen molar-refractivity contribution in [3.05, 3.63) is 11.6 Å². The predicted octanol–water partition coefficient (Wildman–Crippen LogP) is 4.42. The van der Waals surface area contributed by atoms with Crippen LogP contribution in [0.2, 0.25) is 0 Å². The second-order valence-corrected chi connectivity index (χ2v) is 4.41. The van der Waals surface area contributed by atoms with Gasteiger partial charge in [-0.15, -0.1) is 0 Å². The Balaban J connectivity index is 3.50. The second-order valence-electron chi connectivity index (χ2n) is 4.41. The zero-order chi connectivity index (χ0) is 9.56. The molecule has 12 heavy (non-hydrogen) atoms. The van der Waals surface area contributed by atoms with Crippen molar-refractivity contribution in [2.75, 3.05) is 0 Å². The predicted molar refractivity (Wildman–Crippen MR) is 57.3 cm³/mol. The van der Waals surface area contributed by atoms with Gasteiger partial charge in [0.05, 0.1) is 0 Å². The van der Waals surface area contributed by atoms with Crippen molar-refractivity contribution in [1.29, 1.82) is 0 Å². The number of hydrogen-bond acceptors (Lipinski definition) is 0. The van der Waals surface area contributed by atoms with Gasteiger partial charge in [-0.1, -0.05) is 32.4 Å². The molecule has 0 aliphatic heterocycles. The van der Waals surface area contributed by atoms with Crippen LogP contribution in [0.15, 0.2) is 11.6 Å². The first-order valence-electron chi connectivity index (χ1n) is 5.18. The van der Waals surface area contributed by atoms with Gasteiger partial charge in [0, 0.05) is 0 Å². The first-order chi connectivity index (χ1) is 5.56. The first kappa shape index (κ1) is 11.7. The Morgan fingerprint density at radius 3 is 2.25 bits per heavy atom. The van der Waals surface area contributed by atoms with Gasteiger partial charge in [0.1, 0.15) is 0 Å². The van der Waals surface area contributed by atoms with Crippen LogP contribution in [0, 0.1) is 11.8 Å². The maximum absolute atomic E-state index is 2.36. The zero-order valence-electron chi connectivity index (χ0n) is 9.35. The molecule has 0 heterocycles. The van der Waals surface area contributed by atoms with E-state index in [1.807, 2.05) is 0 Å². The lowest BCUT2D eigenvalue weighted by Gasteiger charge is -2.13. The monoisotopic (exact) mass is 168 g/mol.